The van der Waals surface area contributed by atoms with Crippen LogP contribution in [0.25, 0.3) is 0 Å². The van der Waals surface area contributed by atoms with Crippen molar-refractivity contribution in [1.29, 1.82) is 0 Å². The molecule has 0 radical (unpaired) electrons. The second-order valence-electron chi connectivity index (χ2n) is 3.66. The summed E-state index contributed by atoms with van der Waals surface area (Å²) in [6.45, 7) is 0. The largest absolute Gasteiger partial charge is 0.288 e. The summed E-state index contributed by atoms with van der Waals surface area (Å²) in [6.07, 6.45) is 0. The van der Waals surface area contributed by atoms with Gasteiger partial charge >= 0.3 is 0 Å². The van der Waals surface area contributed by atoms with Gasteiger partial charge in [-0.3, -0.25) is 14.9 Å². The van der Waals surface area contributed by atoms with Gasteiger partial charge < -0.3 is 0 Å². The van der Waals surface area contributed by atoms with Gasteiger partial charge in [0.1, 0.15) is 0 Å². The van der Waals surface area contributed by atoms with Crippen LogP contribution in [0.5, 0.6) is 0 Å². The van der Waals surface area contributed by atoms with Gasteiger partial charge in [-0.1, -0.05) is 34.1 Å². The number of imide groups is 1. The third-order valence-corrected chi connectivity index (χ3v) is 2.90. The molecule has 4 heteroatoms. The van der Waals surface area contributed by atoms with Gasteiger partial charge in [0.2, 0.25) is 0 Å². The van der Waals surface area contributed by atoms with Crippen LogP contribution < -0.4 is 5.32 Å². The van der Waals surface area contributed by atoms with E-state index in [2.05, 4.69) is 21.2 Å². The maximum Gasteiger partial charge on any atom is 0.258 e. The smallest absolute Gasteiger partial charge is 0.258 e. The number of carbonyl (C=O) groups excluding carboxylic acids is 2. The van der Waals surface area contributed by atoms with E-state index in [0.717, 1.165) is 4.47 Å². The highest BCUT2D eigenvalue weighted by atomic mass is 79.9. The highest BCUT2D eigenvalue weighted by Crippen LogP contribution is 2.10. The van der Waals surface area contributed by atoms with Gasteiger partial charge in [-0.25, -0.2) is 0 Å². The van der Waals surface area contributed by atoms with Crippen LogP contribution in [-0.4, -0.2) is 11.8 Å². The van der Waals surface area contributed by atoms with Crippen LogP contribution in [0.4, 0.5) is 0 Å². The van der Waals surface area contributed by atoms with Crippen LogP contribution in [-0.2, 0) is 0 Å². The first-order valence-electron chi connectivity index (χ1n) is 5.33. The molecule has 2 amide bonds. The Kier molecular flexibility index (Phi) is 3.89. The van der Waals surface area contributed by atoms with Crippen LogP contribution in [0.3, 0.4) is 0 Å². The molecule has 0 aliphatic rings. The van der Waals surface area contributed by atoms with Gasteiger partial charge in [0, 0.05) is 15.6 Å². The Morgan fingerprint density at radius 1 is 0.778 bits per heavy atom. The number of amides is 2. The molecule has 2 aromatic rings. The molecular weight excluding hydrogens is 294 g/mol. The van der Waals surface area contributed by atoms with Crippen molar-refractivity contribution in [2.24, 2.45) is 0 Å². The predicted molar refractivity (Wildman–Crippen MR) is 72.4 cm³/mol. The SMILES string of the molecule is O=C(NC(=O)c1ccc(Br)cc1)c1ccccc1. The molecule has 0 aromatic heterocycles. The highest BCUT2D eigenvalue weighted by Gasteiger charge is 2.11. The first-order chi connectivity index (χ1) is 8.66. The number of nitrogens with one attached hydrogen (secondary N) is 1. The summed E-state index contributed by atoms with van der Waals surface area (Å²) >= 11 is 3.28. The van der Waals surface area contributed by atoms with Crippen LogP contribution in [0.2, 0.25) is 0 Å². The van der Waals surface area contributed by atoms with Crippen LogP contribution in [0, 0.1) is 0 Å². The Bertz CT molecular complexity index is 564. The minimum absolute atomic E-state index is 0.400. The molecule has 0 aliphatic heterocycles. The summed E-state index contributed by atoms with van der Waals surface area (Å²) in [4.78, 5) is 23.5. The van der Waals surface area contributed by atoms with E-state index < -0.39 is 11.8 Å². The molecule has 0 saturated carbocycles. The first kappa shape index (κ1) is 12.5. The Morgan fingerprint density at radius 2 is 1.28 bits per heavy atom. The van der Waals surface area contributed by atoms with Gasteiger partial charge in [0.25, 0.3) is 11.8 Å². The van der Waals surface area contributed by atoms with E-state index in [9.17, 15) is 9.59 Å². The first-order valence-corrected chi connectivity index (χ1v) is 6.12. The quantitative estimate of drug-likeness (QED) is 0.867. The molecule has 0 spiro atoms. The summed E-state index contributed by atoms with van der Waals surface area (Å²) in [6, 6.07) is 15.4. The lowest BCUT2D eigenvalue weighted by atomic mass is 10.2. The van der Waals surface area contributed by atoms with Crippen LogP contribution in [0.1, 0.15) is 20.7 Å². The predicted octanol–water partition coefficient (Wildman–Crippen LogP) is 3.02. The van der Waals surface area contributed by atoms with Gasteiger partial charge in [-0.15, -0.1) is 0 Å². The zero-order valence-electron chi connectivity index (χ0n) is 9.39. The second kappa shape index (κ2) is 5.60. The van der Waals surface area contributed by atoms with Gasteiger partial charge in [-0.05, 0) is 36.4 Å². The van der Waals surface area contributed by atoms with Crippen LogP contribution in [0.15, 0.2) is 59.1 Å². The van der Waals surface area contributed by atoms with Gasteiger partial charge in [-0.2, -0.15) is 0 Å². The maximum absolute atomic E-state index is 11.8. The Morgan fingerprint density at radius 3 is 1.83 bits per heavy atom. The molecule has 18 heavy (non-hydrogen) atoms. The average molecular weight is 304 g/mol. The van der Waals surface area contributed by atoms with E-state index >= 15 is 0 Å². The van der Waals surface area contributed by atoms with Gasteiger partial charge in [0.15, 0.2) is 0 Å². The number of rotatable bonds is 2. The number of halogens is 1. The van der Waals surface area contributed by atoms with Crippen molar-refractivity contribution in [3.8, 4) is 0 Å². The summed E-state index contributed by atoms with van der Waals surface area (Å²) in [5.41, 5.74) is 0.908. The lowest BCUT2D eigenvalue weighted by Gasteiger charge is -2.04. The fraction of sp³-hybridized carbons (Fsp3) is 0. The molecule has 3 nitrogen and oxygen atoms in total. The topological polar surface area (TPSA) is 46.2 Å². The van der Waals surface area contributed by atoms with Crippen molar-refractivity contribution in [3.05, 3.63) is 70.2 Å². The number of carbonyl (C=O) groups is 2. The minimum Gasteiger partial charge on any atom is -0.288 e. The molecule has 90 valence electrons. The standard InChI is InChI=1S/C14H10BrNO2/c15-12-8-6-11(7-9-12)14(18)16-13(17)10-4-2-1-3-5-10/h1-9H,(H,16,17,18). The van der Waals surface area contributed by atoms with E-state index in [1.807, 2.05) is 6.07 Å². The van der Waals surface area contributed by atoms with E-state index in [1.54, 1.807) is 48.5 Å². The summed E-state index contributed by atoms with van der Waals surface area (Å²) in [5, 5.41) is 2.34. The van der Waals surface area contributed by atoms with Gasteiger partial charge in [0.05, 0.1) is 0 Å². The molecular formula is C14H10BrNO2. The lowest BCUT2D eigenvalue weighted by molar-refractivity contribution is 0.0849. The van der Waals surface area contributed by atoms with E-state index in [0.29, 0.717) is 11.1 Å². The molecule has 0 unspecified atom stereocenters. The molecule has 2 aromatic carbocycles. The monoisotopic (exact) mass is 303 g/mol. The molecule has 0 heterocycles. The summed E-state index contributed by atoms with van der Waals surface area (Å²) in [7, 11) is 0. The fourth-order valence-corrected chi connectivity index (χ4v) is 1.70. The third-order valence-electron chi connectivity index (χ3n) is 2.37. The number of hydrogen-bond acceptors (Lipinski definition) is 2. The molecule has 2 rings (SSSR count). The molecule has 1 N–H and O–H groups in total. The van der Waals surface area contributed by atoms with E-state index in [4.69, 9.17) is 0 Å². The average Bonchev–Trinajstić information content (AvgIpc) is 2.40. The Balaban J connectivity index is 2.08. The van der Waals surface area contributed by atoms with Crippen molar-refractivity contribution in [2.45, 2.75) is 0 Å². The summed E-state index contributed by atoms with van der Waals surface area (Å²) in [5.74, 6) is -0.806. The zero-order valence-corrected chi connectivity index (χ0v) is 11.0. The molecule has 0 saturated heterocycles. The fourth-order valence-electron chi connectivity index (χ4n) is 1.44. The molecule has 0 aliphatic carbocycles. The van der Waals surface area contributed by atoms with Crippen molar-refractivity contribution in [2.75, 3.05) is 0 Å². The van der Waals surface area contributed by atoms with Crippen molar-refractivity contribution in [1.82, 2.24) is 5.32 Å². The van der Waals surface area contributed by atoms with Crippen LogP contribution >= 0.6 is 15.9 Å². The van der Waals surface area contributed by atoms with Crippen molar-refractivity contribution >= 4 is 27.7 Å². The van der Waals surface area contributed by atoms with Crippen molar-refractivity contribution in [3.63, 3.8) is 0 Å². The summed E-state index contributed by atoms with van der Waals surface area (Å²) < 4.78 is 0.883. The molecule has 0 bridgehead atoms. The lowest BCUT2D eigenvalue weighted by Crippen LogP contribution is -2.30. The molecule has 0 atom stereocenters. The highest BCUT2D eigenvalue weighted by molar-refractivity contribution is 9.10. The zero-order chi connectivity index (χ0) is 13.0. The maximum atomic E-state index is 11.8. The molecule has 0 fully saturated rings. The normalized spacial score (nSPS) is 9.83. The van der Waals surface area contributed by atoms with E-state index in [-0.39, 0.29) is 0 Å². The third kappa shape index (κ3) is 3.05. The Hall–Kier alpha value is -1.94. The Labute approximate surface area is 113 Å². The van der Waals surface area contributed by atoms with E-state index in [1.165, 1.54) is 0 Å². The minimum atomic E-state index is -0.406. The van der Waals surface area contributed by atoms with Crippen molar-refractivity contribution < 1.29 is 9.59 Å². The second-order valence-corrected chi connectivity index (χ2v) is 4.57. The number of hydrogen-bond donors (Lipinski definition) is 1. The number of benzene rings is 2.